The Morgan fingerprint density at radius 3 is 2.09 bits per heavy atom. The first-order valence-corrected chi connectivity index (χ1v) is 11.6. The van der Waals surface area contributed by atoms with Crippen LogP contribution in [0.5, 0.6) is 0 Å². The molecular formula is C22H21N7O4S. The van der Waals surface area contributed by atoms with Gasteiger partial charge in [0.15, 0.2) is 0 Å². The van der Waals surface area contributed by atoms with Crippen molar-refractivity contribution in [2.45, 2.75) is 0 Å². The zero-order valence-corrected chi connectivity index (χ0v) is 18.7. The average Bonchev–Trinajstić information content (AvgIpc) is 3.33. The van der Waals surface area contributed by atoms with Crippen molar-refractivity contribution in [3.63, 3.8) is 0 Å². The lowest BCUT2D eigenvalue weighted by Crippen LogP contribution is -2.14. The zero-order chi connectivity index (χ0) is 24.7. The fourth-order valence-corrected chi connectivity index (χ4v) is 3.04. The summed E-state index contributed by atoms with van der Waals surface area (Å²) in [7, 11) is -3.67. The molecule has 1 heterocycles. The highest BCUT2D eigenvalue weighted by molar-refractivity contribution is 7.85. The van der Waals surface area contributed by atoms with Crippen molar-refractivity contribution in [2.75, 3.05) is 11.6 Å². The third-order valence-corrected chi connectivity index (χ3v) is 4.43. The van der Waals surface area contributed by atoms with Crippen LogP contribution in [0.15, 0.2) is 72.8 Å². The van der Waals surface area contributed by atoms with E-state index in [0.29, 0.717) is 28.9 Å². The van der Waals surface area contributed by atoms with Crippen LogP contribution in [0.2, 0.25) is 0 Å². The number of carbonyl (C=O) groups excluding carboxylic acids is 1. The topological polar surface area (TPSA) is 188 Å². The van der Waals surface area contributed by atoms with E-state index in [1.165, 1.54) is 0 Å². The Bertz CT molecular complexity index is 1400. The Hall–Kier alpha value is -4.42. The number of anilines is 1. The first kappa shape index (κ1) is 24.2. The molecule has 1 aromatic heterocycles. The standard InChI is InChI=1S/C21H17N7O.CH4O3S/c22-19(23)13-9-11-14(12-10-13)24-21(29)18-8-4-2-6-16(18)15-5-1-3-7-17(15)20-25-27-28-26-20;1-5(2,3)4/h1-12H,(H3,22,23)(H,24,29)(H,25,26,27,28);1H3,(H,2,3,4). The Morgan fingerprint density at radius 2 is 1.53 bits per heavy atom. The van der Waals surface area contributed by atoms with Gasteiger partial charge in [0, 0.05) is 22.4 Å². The molecule has 4 aromatic rings. The van der Waals surface area contributed by atoms with Gasteiger partial charge in [-0.1, -0.05) is 42.5 Å². The molecule has 0 atom stereocenters. The summed E-state index contributed by atoms with van der Waals surface area (Å²) >= 11 is 0. The monoisotopic (exact) mass is 479 g/mol. The lowest BCUT2D eigenvalue weighted by atomic mass is 9.94. The Kier molecular flexibility index (Phi) is 7.46. The number of aromatic amines is 1. The fourth-order valence-electron chi connectivity index (χ4n) is 3.04. The number of amides is 1. The van der Waals surface area contributed by atoms with E-state index in [2.05, 4.69) is 25.9 Å². The molecule has 34 heavy (non-hydrogen) atoms. The number of nitrogens with zero attached hydrogens (tertiary/aromatic N) is 3. The molecule has 0 saturated heterocycles. The van der Waals surface area contributed by atoms with E-state index < -0.39 is 10.1 Å². The van der Waals surface area contributed by atoms with E-state index in [9.17, 15) is 13.2 Å². The molecule has 0 aliphatic carbocycles. The minimum atomic E-state index is -3.67. The predicted octanol–water partition coefficient (Wildman–Crippen LogP) is 2.57. The second-order valence-electron chi connectivity index (χ2n) is 7.00. The quantitative estimate of drug-likeness (QED) is 0.164. The summed E-state index contributed by atoms with van der Waals surface area (Å²) in [5.41, 5.74) is 9.55. The first-order valence-electron chi connectivity index (χ1n) is 9.74. The van der Waals surface area contributed by atoms with Gasteiger partial charge in [-0.25, -0.2) is 0 Å². The number of amidine groups is 1. The molecule has 0 radical (unpaired) electrons. The summed E-state index contributed by atoms with van der Waals surface area (Å²) < 4.78 is 25.9. The molecule has 1 amide bonds. The zero-order valence-electron chi connectivity index (χ0n) is 17.9. The van der Waals surface area contributed by atoms with Crippen LogP contribution in [0.4, 0.5) is 5.69 Å². The Labute approximate surface area is 195 Å². The highest BCUT2D eigenvalue weighted by Crippen LogP contribution is 2.32. The van der Waals surface area contributed by atoms with Crippen LogP contribution in [0.3, 0.4) is 0 Å². The summed E-state index contributed by atoms with van der Waals surface area (Å²) in [4.78, 5) is 13.0. The van der Waals surface area contributed by atoms with Gasteiger partial charge in [0.05, 0.1) is 6.26 Å². The van der Waals surface area contributed by atoms with E-state index >= 15 is 0 Å². The SMILES string of the molecule is CS(=O)(=O)O.N=C(N)c1ccc(NC(=O)c2ccccc2-c2ccccc2-c2nn[nH]n2)cc1. The van der Waals surface area contributed by atoms with Gasteiger partial charge in [0.1, 0.15) is 5.84 Å². The van der Waals surface area contributed by atoms with Gasteiger partial charge in [0.25, 0.3) is 16.0 Å². The van der Waals surface area contributed by atoms with Crippen LogP contribution < -0.4 is 11.1 Å². The van der Waals surface area contributed by atoms with Crippen LogP contribution in [0.25, 0.3) is 22.5 Å². The van der Waals surface area contributed by atoms with Gasteiger partial charge in [0.2, 0.25) is 5.82 Å². The largest absolute Gasteiger partial charge is 0.384 e. The molecule has 0 aliphatic heterocycles. The number of H-pyrrole nitrogens is 1. The maximum absolute atomic E-state index is 13.0. The fraction of sp³-hybridized carbons (Fsp3) is 0.0455. The third kappa shape index (κ3) is 6.54. The summed E-state index contributed by atoms with van der Waals surface area (Å²) in [5.74, 6) is 0.181. The highest BCUT2D eigenvalue weighted by Gasteiger charge is 2.17. The van der Waals surface area contributed by atoms with Crippen molar-refractivity contribution in [3.8, 4) is 22.5 Å². The number of carbonyl (C=O) groups is 1. The smallest absolute Gasteiger partial charge is 0.261 e. The lowest BCUT2D eigenvalue weighted by molar-refractivity contribution is 0.102. The van der Waals surface area contributed by atoms with Gasteiger partial charge < -0.3 is 11.1 Å². The number of nitrogens with two attached hydrogens (primary N) is 1. The van der Waals surface area contributed by atoms with Crippen molar-refractivity contribution in [2.24, 2.45) is 5.73 Å². The van der Waals surface area contributed by atoms with E-state index in [-0.39, 0.29) is 11.7 Å². The van der Waals surface area contributed by atoms with E-state index in [1.54, 1.807) is 30.3 Å². The van der Waals surface area contributed by atoms with Crippen molar-refractivity contribution in [3.05, 3.63) is 83.9 Å². The van der Waals surface area contributed by atoms with E-state index in [4.69, 9.17) is 15.7 Å². The number of benzene rings is 3. The summed E-state index contributed by atoms with van der Waals surface area (Å²) in [6.07, 6.45) is 0.715. The van der Waals surface area contributed by atoms with Gasteiger partial charge in [-0.2, -0.15) is 13.6 Å². The average molecular weight is 480 g/mol. The minimum Gasteiger partial charge on any atom is -0.384 e. The number of nitrogen functional groups attached to an aromatic ring is 1. The second kappa shape index (κ2) is 10.5. The Morgan fingerprint density at radius 1 is 0.971 bits per heavy atom. The van der Waals surface area contributed by atoms with Crippen LogP contribution in [-0.4, -0.2) is 51.6 Å². The van der Waals surface area contributed by atoms with E-state index in [1.807, 2.05) is 42.5 Å². The molecule has 11 nitrogen and oxygen atoms in total. The minimum absolute atomic E-state index is 0.0219. The molecule has 0 spiro atoms. The van der Waals surface area contributed by atoms with Gasteiger partial charge in [-0.3, -0.25) is 14.8 Å². The molecule has 0 aliphatic rings. The molecule has 6 N–H and O–H groups in total. The first-order chi connectivity index (χ1) is 16.1. The number of tetrazole rings is 1. The second-order valence-corrected chi connectivity index (χ2v) is 8.47. The number of aromatic nitrogens is 4. The molecule has 0 bridgehead atoms. The molecule has 4 rings (SSSR count). The number of hydrogen-bond donors (Lipinski definition) is 5. The van der Waals surface area contributed by atoms with Crippen molar-refractivity contribution in [1.82, 2.24) is 20.6 Å². The molecule has 0 unspecified atom stereocenters. The van der Waals surface area contributed by atoms with Gasteiger partial charge in [-0.15, -0.1) is 10.2 Å². The highest BCUT2D eigenvalue weighted by atomic mass is 32.2. The maximum atomic E-state index is 13.0. The molecular weight excluding hydrogens is 458 g/mol. The number of rotatable bonds is 5. The maximum Gasteiger partial charge on any atom is 0.261 e. The van der Waals surface area contributed by atoms with Crippen LogP contribution in [0, 0.1) is 5.41 Å². The van der Waals surface area contributed by atoms with Crippen LogP contribution >= 0.6 is 0 Å². The van der Waals surface area contributed by atoms with Crippen molar-refractivity contribution in [1.29, 1.82) is 5.41 Å². The van der Waals surface area contributed by atoms with Gasteiger partial charge >= 0.3 is 0 Å². The third-order valence-electron chi connectivity index (χ3n) is 4.43. The molecule has 0 fully saturated rings. The Balaban J connectivity index is 0.000000588. The summed E-state index contributed by atoms with van der Waals surface area (Å²) in [6.45, 7) is 0. The van der Waals surface area contributed by atoms with E-state index in [0.717, 1.165) is 16.7 Å². The normalized spacial score (nSPS) is 10.6. The van der Waals surface area contributed by atoms with Gasteiger partial charge in [-0.05, 0) is 46.7 Å². The van der Waals surface area contributed by atoms with Crippen molar-refractivity contribution >= 4 is 27.5 Å². The molecule has 174 valence electrons. The number of hydrogen-bond acceptors (Lipinski definition) is 7. The number of nitrogens with one attached hydrogen (secondary N) is 3. The molecule has 3 aromatic carbocycles. The lowest BCUT2D eigenvalue weighted by Gasteiger charge is -2.13. The summed E-state index contributed by atoms with van der Waals surface area (Å²) in [5, 5.41) is 24.6. The molecule has 12 heteroatoms. The molecule has 0 saturated carbocycles. The predicted molar refractivity (Wildman–Crippen MR) is 128 cm³/mol. The summed E-state index contributed by atoms with van der Waals surface area (Å²) in [6, 6.07) is 21.7. The van der Waals surface area contributed by atoms with Crippen molar-refractivity contribution < 1.29 is 17.8 Å². The van der Waals surface area contributed by atoms with Crippen LogP contribution in [0.1, 0.15) is 15.9 Å². The van der Waals surface area contributed by atoms with Crippen LogP contribution in [-0.2, 0) is 10.1 Å².